The van der Waals surface area contributed by atoms with Crippen molar-refractivity contribution in [3.8, 4) is 11.4 Å². The molecule has 6 nitrogen and oxygen atoms in total. The number of H-pyrrole nitrogens is 1. The van der Waals surface area contributed by atoms with E-state index >= 15 is 0 Å². The molecule has 0 fully saturated rings. The number of hydrogen-bond donors (Lipinski definition) is 1. The summed E-state index contributed by atoms with van der Waals surface area (Å²) in [5, 5.41) is 5.28. The predicted molar refractivity (Wildman–Crippen MR) is 86.9 cm³/mol. The normalized spacial score (nSPS) is 11.0. The van der Waals surface area contributed by atoms with E-state index < -0.39 is 0 Å². The molecule has 0 aliphatic heterocycles. The fraction of sp³-hybridized carbons (Fsp3) is 0.0588. The van der Waals surface area contributed by atoms with Crippen molar-refractivity contribution in [2.45, 2.75) is 6.54 Å². The molecule has 24 heavy (non-hydrogen) atoms. The van der Waals surface area contributed by atoms with Gasteiger partial charge in [0, 0.05) is 17.1 Å². The molecule has 0 bridgehead atoms. The molecule has 0 atom stereocenters. The van der Waals surface area contributed by atoms with E-state index in [2.05, 4.69) is 20.1 Å². The summed E-state index contributed by atoms with van der Waals surface area (Å²) in [6.07, 6.45) is 4.38. The Morgan fingerprint density at radius 3 is 2.83 bits per heavy atom. The Bertz CT molecular complexity index is 1090. The first kappa shape index (κ1) is 14.3. The highest BCUT2D eigenvalue weighted by Gasteiger charge is 2.15. The lowest BCUT2D eigenvalue weighted by atomic mass is 10.2. The summed E-state index contributed by atoms with van der Waals surface area (Å²) in [6, 6.07) is 10.2. The summed E-state index contributed by atoms with van der Waals surface area (Å²) in [6.45, 7) is 0.241. The molecule has 0 unspecified atom stereocenters. The van der Waals surface area contributed by atoms with Gasteiger partial charge in [0.2, 0.25) is 0 Å². The maximum Gasteiger partial charge on any atom is 0.266 e. The minimum absolute atomic E-state index is 0.241. The van der Waals surface area contributed by atoms with E-state index in [9.17, 15) is 9.18 Å². The Hall–Kier alpha value is -3.35. The van der Waals surface area contributed by atoms with Crippen LogP contribution in [-0.4, -0.2) is 24.7 Å². The van der Waals surface area contributed by atoms with Crippen LogP contribution in [0.15, 0.2) is 59.8 Å². The van der Waals surface area contributed by atoms with E-state index in [1.165, 1.54) is 18.5 Å². The Morgan fingerprint density at radius 2 is 2.00 bits per heavy atom. The molecule has 0 aliphatic carbocycles. The lowest BCUT2D eigenvalue weighted by Crippen LogP contribution is -2.07. The topological polar surface area (TPSA) is 76.5 Å². The third-order valence-electron chi connectivity index (χ3n) is 3.69. The molecule has 1 aromatic carbocycles. The van der Waals surface area contributed by atoms with E-state index in [0.717, 1.165) is 5.39 Å². The molecule has 7 heteroatoms. The predicted octanol–water partition coefficient (Wildman–Crippen LogP) is 2.37. The average molecular weight is 321 g/mol. The van der Waals surface area contributed by atoms with Gasteiger partial charge in [-0.25, -0.2) is 14.1 Å². The van der Waals surface area contributed by atoms with Crippen LogP contribution < -0.4 is 5.56 Å². The molecule has 4 aromatic rings. The zero-order valence-corrected chi connectivity index (χ0v) is 12.5. The molecular weight excluding hydrogens is 309 g/mol. The number of pyridine rings is 1. The Labute approximate surface area is 135 Å². The number of rotatable bonds is 3. The molecule has 0 saturated heterocycles. The summed E-state index contributed by atoms with van der Waals surface area (Å²) in [7, 11) is 0. The van der Waals surface area contributed by atoms with Gasteiger partial charge in [0.05, 0.1) is 24.6 Å². The van der Waals surface area contributed by atoms with E-state index in [4.69, 9.17) is 0 Å². The molecule has 3 aromatic heterocycles. The van der Waals surface area contributed by atoms with Crippen molar-refractivity contribution < 1.29 is 4.39 Å². The quantitative estimate of drug-likeness (QED) is 0.628. The van der Waals surface area contributed by atoms with Crippen molar-refractivity contribution in [2.75, 3.05) is 0 Å². The Morgan fingerprint density at radius 1 is 1.12 bits per heavy atom. The Kier molecular flexibility index (Phi) is 3.38. The van der Waals surface area contributed by atoms with Crippen molar-refractivity contribution in [3.63, 3.8) is 0 Å². The van der Waals surface area contributed by atoms with Crippen molar-refractivity contribution in [3.05, 3.63) is 76.7 Å². The minimum Gasteiger partial charge on any atom is -0.318 e. The zero-order valence-electron chi connectivity index (χ0n) is 12.5. The molecule has 0 amide bonds. The number of benzene rings is 1. The summed E-state index contributed by atoms with van der Waals surface area (Å²) >= 11 is 0. The maximum atomic E-state index is 13.9. The van der Waals surface area contributed by atoms with Crippen molar-refractivity contribution in [1.29, 1.82) is 0 Å². The highest BCUT2D eigenvalue weighted by atomic mass is 19.1. The van der Waals surface area contributed by atoms with Crippen LogP contribution in [0.25, 0.3) is 22.4 Å². The van der Waals surface area contributed by atoms with Crippen LogP contribution in [0.4, 0.5) is 4.39 Å². The van der Waals surface area contributed by atoms with Gasteiger partial charge in [-0.1, -0.05) is 18.2 Å². The number of hydrogen-bond acceptors (Lipinski definition) is 4. The van der Waals surface area contributed by atoms with Crippen LogP contribution in [-0.2, 0) is 6.54 Å². The third kappa shape index (κ3) is 2.45. The fourth-order valence-corrected chi connectivity index (χ4v) is 2.60. The Balaban J connectivity index is 1.89. The van der Waals surface area contributed by atoms with E-state index in [1.54, 1.807) is 35.1 Å². The van der Waals surface area contributed by atoms with Gasteiger partial charge in [-0.15, -0.1) is 0 Å². The van der Waals surface area contributed by atoms with Crippen LogP contribution in [0.1, 0.15) is 5.56 Å². The van der Waals surface area contributed by atoms with Crippen LogP contribution >= 0.6 is 0 Å². The maximum absolute atomic E-state index is 13.9. The van der Waals surface area contributed by atoms with Crippen molar-refractivity contribution in [2.24, 2.45) is 0 Å². The zero-order chi connectivity index (χ0) is 16.5. The van der Waals surface area contributed by atoms with Crippen LogP contribution in [0, 0.1) is 5.82 Å². The van der Waals surface area contributed by atoms with Gasteiger partial charge in [-0.3, -0.25) is 9.78 Å². The highest BCUT2D eigenvalue weighted by Crippen LogP contribution is 2.25. The number of aromatic amines is 1. The molecule has 0 spiro atoms. The first-order valence-corrected chi connectivity index (χ1v) is 7.32. The van der Waals surface area contributed by atoms with Gasteiger partial charge in [-0.05, 0) is 18.2 Å². The van der Waals surface area contributed by atoms with Crippen molar-refractivity contribution >= 4 is 11.0 Å². The van der Waals surface area contributed by atoms with Gasteiger partial charge < -0.3 is 4.98 Å². The molecule has 1 N–H and O–H groups in total. The first-order valence-electron chi connectivity index (χ1n) is 7.32. The molecule has 0 aliphatic rings. The second-order valence-electron chi connectivity index (χ2n) is 5.28. The number of halogens is 1. The molecule has 0 radical (unpaired) electrons. The molecule has 4 rings (SSSR count). The van der Waals surface area contributed by atoms with Crippen LogP contribution in [0.3, 0.4) is 0 Å². The van der Waals surface area contributed by atoms with Gasteiger partial charge in [0.1, 0.15) is 11.5 Å². The summed E-state index contributed by atoms with van der Waals surface area (Å²) in [4.78, 5) is 22.5. The number of nitrogens with zero attached hydrogens (tertiary/aromatic N) is 4. The van der Waals surface area contributed by atoms with E-state index in [0.29, 0.717) is 22.6 Å². The number of aromatic nitrogens is 5. The molecule has 3 heterocycles. The molecular formula is C17H12FN5O. The van der Waals surface area contributed by atoms with Gasteiger partial charge in [0.25, 0.3) is 5.56 Å². The summed E-state index contributed by atoms with van der Waals surface area (Å²) in [5.41, 5.74) is 1.86. The smallest absolute Gasteiger partial charge is 0.266 e. The standard InChI is InChI=1S/C17H12FN5O/c18-13-6-2-1-4-11(13)10-23-17-12(5-3-7-20-17)16(22-23)14-8-19-9-15(24)21-14/h1-9H,10H2,(H,21,24). The van der Waals surface area contributed by atoms with E-state index in [1.807, 2.05) is 6.07 Å². The second-order valence-corrected chi connectivity index (χ2v) is 5.28. The monoisotopic (exact) mass is 321 g/mol. The van der Waals surface area contributed by atoms with Crippen LogP contribution in [0.5, 0.6) is 0 Å². The highest BCUT2D eigenvalue weighted by molar-refractivity contribution is 5.89. The second kappa shape index (κ2) is 5.69. The minimum atomic E-state index is -0.312. The fourth-order valence-electron chi connectivity index (χ4n) is 2.60. The van der Waals surface area contributed by atoms with Crippen molar-refractivity contribution in [1.82, 2.24) is 24.7 Å². The number of nitrogens with one attached hydrogen (secondary N) is 1. The molecule has 0 saturated carbocycles. The lowest BCUT2D eigenvalue weighted by molar-refractivity contribution is 0.589. The van der Waals surface area contributed by atoms with Gasteiger partial charge in [-0.2, -0.15) is 5.10 Å². The summed E-state index contributed by atoms with van der Waals surface area (Å²) in [5.74, 6) is -0.298. The third-order valence-corrected chi connectivity index (χ3v) is 3.69. The van der Waals surface area contributed by atoms with Crippen LogP contribution in [0.2, 0.25) is 0 Å². The lowest BCUT2D eigenvalue weighted by Gasteiger charge is -2.04. The van der Waals surface area contributed by atoms with E-state index in [-0.39, 0.29) is 17.9 Å². The number of fused-ring (bicyclic) bond motifs is 1. The first-order chi connectivity index (χ1) is 11.7. The summed E-state index contributed by atoms with van der Waals surface area (Å²) < 4.78 is 15.6. The van der Waals surface area contributed by atoms with Gasteiger partial charge >= 0.3 is 0 Å². The SMILES string of the molecule is O=c1cncc(-c2nn(Cc3ccccc3F)c3ncccc23)[nH]1. The molecule has 118 valence electrons. The van der Waals surface area contributed by atoms with Gasteiger partial charge in [0.15, 0.2) is 5.65 Å². The largest absolute Gasteiger partial charge is 0.318 e. The average Bonchev–Trinajstić information content (AvgIpc) is 2.96.